The zero-order valence-corrected chi connectivity index (χ0v) is 32.1. The van der Waals surface area contributed by atoms with Crippen LogP contribution in [0.5, 0.6) is 0 Å². The lowest BCUT2D eigenvalue weighted by molar-refractivity contribution is 0.0930. The average molecular weight is 797 g/mol. The van der Waals surface area contributed by atoms with Gasteiger partial charge in [0.15, 0.2) is 0 Å². The molecule has 3 N–H and O–H groups in total. The lowest BCUT2D eigenvalue weighted by Gasteiger charge is -2.29. The number of benzene rings is 5. The molecule has 8 rings (SSSR count). The second-order valence-corrected chi connectivity index (χ2v) is 15.0. The molecule has 3 aliphatic rings. The molecule has 4 amide bonds. The topological polar surface area (TPSA) is 97.0 Å². The summed E-state index contributed by atoms with van der Waals surface area (Å²) in [6, 6.07) is 46.8. The van der Waals surface area contributed by atoms with Crippen LogP contribution in [0.15, 0.2) is 140 Å². The Morgan fingerprint density at radius 1 is 0.593 bits per heavy atom. The summed E-state index contributed by atoms with van der Waals surface area (Å²) in [4.78, 5) is 44.3. The Morgan fingerprint density at radius 2 is 1.08 bits per heavy atom. The van der Waals surface area contributed by atoms with E-state index in [-0.39, 0.29) is 58.3 Å². The molecule has 0 aliphatic carbocycles. The third-order valence-electron chi connectivity index (χ3n) is 11.0. The zero-order valence-electron chi connectivity index (χ0n) is 32.1. The van der Waals surface area contributed by atoms with Crippen LogP contribution in [0.25, 0.3) is 22.3 Å². The van der Waals surface area contributed by atoms with Gasteiger partial charge in [-0.15, -0.1) is 0 Å². The normalized spacial score (nSPS) is 18.2. The van der Waals surface area contributed by atoms with Crippen molar-refractivity contribution in [1.29, 1.82) is 0 Å². The molecule has 3 saturated heterocycles. The van der Waals surface area contributed by atoms with Crippen molar-refractivity contribution in [1.82, 2.24) is 30.7 Å². The molecule has 3 aliphatic heterocycles. The van der Waals surface area contributed by atoms with Crippen molar-refractivity contribution >= 4 is 17.8 Å². The van der Waals surface area contributed by atoms with Crippen LogP contribution in [0.2, 0.25) is 0 Å². The first-order valence-corrected chi connectivity index (χ1v) is 19.8. The van der Waals surface area contributed by atoms with E-state index in [1.165, 1.54) is 11.1 Å². The zero-order chi connectivity index (χ0) is 38.7. The molecule has 0 spiro atoms. The molecule has 59 heavy (non-hydrogen) atoms. The summed E-state index contributed by atoms with van der Waals surface area (Å²) in [6.45, 7) is 5.89. The van der Waals surface area contributed by atoms with E-state index in [9.17, 15) is 14.4 Å². The fraction of sp³-hybridized carbons (Fsp3) is 0.340. The molecule has 9 heteroatoms. The predicted octanol–water partition coefficient (Wildman–Crippen LogP) is 8.84. The first kappa shape index (κ1) is 45.9. The summed E-state index contributed by atoms with van der Waals surface area (Å²) < 4.78 is 0. The summed E-state index contributed by atoms with van der Waals surface area (Å²) in [5.41, 5.74) is 7.17. The molecule has 3 heterocycles. The Kier molecular flexibility index (Phi) is 17.4. The maximum atomic E-state index is 13.2. The number of likely N-dealkylation sites (tertiary alicyclic amines) is 2. The molecular formula is C50H64N6O3. The van der Waals surface area contributed by atoms with Gasteiger partial charge in [-0.1, -0.05) is 138 Å². The lowest BCUT2D eigenvalue weighted by Crippen LogP contribution is -2.47. The monoisotopic (exact) mass is 797 g/mol. The van der Waals surface area contributed by atoms with Crippen LogP contribution in [-0.4, -0.2) is 97.0 Å². The minimum Gasteiger partial charge on any atom is -0.348 e. The molecule has 5 aromatic rings. The van der Waals surface area contributed by atoms with Crippen molar-refractivity contribution in [2.75, 3.05) is 46.3 Å². The standard InChI is InChI=1S/C30H34N4O2.C17H18N2O.3CH4/c1-32(28-17-18-33(22-28)20-23-8-4-2-5-9-23)30(36)34-19-16-27(21-34)31-29(35)26-14-12-25(13-15-26)24-10-6-3-7-11-24;20-17(19-16-10-11-18-12-16)15-8-6-14(7-9-15)13-4-2-1-3-5-13;;;/h2-15,27-28H,16-22H2,1H3,(H,31,35);1-9,16,18H,10-12H2,(H,19,20);3*1H4/t27-,28?;;;;/m1..../s1. The van der Waals surface area contributed by atoms with Crippen LogP contribution in [0, 0.1) is 0 Å². The molecule has 0 aromatic heterocycles. The molecule has 9 nitrogen and oxygen atoms in total. The molecule has 3 fully saturated rings. The second-order valence-electron chi connectivity index (χ2n) is 15.0. The van der Waals surface area contributed by atoms with Gasteiger partial charge in [0, 0.05) is 75.6 Å². The van der Waals surface area contributed by atoms with E-state index < -0.39 is 0 Å². The highest BCUT2D eigenvalue weighted by molar-refractivity contribution is 5.95. The predicted molar refractivity (Wildman–Crippen MR) is 243 cm³/mol. The van der Waals surface area contributed by atoms with Crippen LogP contribution in [0.3, 0.4) is 0 Å². The summed E-state index contributed by atoms with van der Waals surface area (Å²) in [6.07, 6.45) is 2.77. The molecule has 0 saturated carbocycles. The Balaban J connectivity index is 0.000000286. The largest absolute Gasteiger partial charge is 0.348 e. The molecule has 2 unspecified atom stereocenters. The molecule has 0 bridgehead atoms. The third kappa shape index (κ3) is 12.4. The molecule has 312 valence electrons. The maximum absolute atomic E-state index is 13.2. The highest BCUT2D eigenvalue weighted by Gasteiger charge is 2.34. The van der Waals surface area contributed by atoms with Gasteiger partial charge in [0.2, 0.25) is 0 Å². The van der Waals surface area contributed by atoms with E-state index in [0.717, 1.165) is 74.2 Å². The van der Waals surface area contributed by atoms with Gasteiger partial charge < -0.3 is 25.8 Å². The highest BCUT2D eigenvalue weighted by atomic mass is 16.2. The van der Waals surface area contributed by atoms with Crippen molar-refractivity contribution in [2.24, 2.45) is 0 Å². The summed E-state index contributed by atoms with van der Waals surface area (Å²) in [5, 5.41) is 9.42. The Morgan fingerprint density at radius 3 is 1.59 bits per heavy atom. The quantitative estimate of drug-likeness (QED) is 0.139. The van der Waals surface area contributed by atoms with E-state index in [2.05, 4.69) is 69.4 Å². The highest BCUT2D eigenvalue weighted by Crippen LogP contribution is 2.23. The minimum atomic E-state index is -0.0883. The van der Waals surface area contributed by atoms with Crippen LogP contribution >= 0.6 is 0 Å². The number of amides is 4. The number of carbonyl (C=O) groups excluding carboxylic acids is 3. The average Bonchev–Trinajstić information content (AvgIpc) is 4.06. The number of nitrogens with one attached hydrogen (secondary N) is 3. The van der Waals surface area contributed by atoms with Crippen molar-refractivity contribution in [3.05, 3.63) is 156 Å². The number of hydrogen-bond donors (Lipinski definition) is 3. The molecule has 5 aromatic carbocycles. The summed E-state index contributed by atoms with van der Waals surface area (Å²) in [5.74, 6) is -0.0760. The van der Waals surface area contributed by atoms with Crippen molar-refractivity contribution < 1.29 is 14.4 Å². The SMILES string of the molecule is C.C.C.CN(C(=O)N1CC[C@@H](NC(=O)c2ccc(-c3ccccc3)cc2)C1)C1CCN(Cc2ccccc2)C1.O=C(NC1CCNC1)c1ccc(-c2ccccc2)cc1. The minimum absolute atomic E-state index is 0. The number of carbonyl (C=O) groups is 3. The van der Waals surface area contributed by atoms with E-state index in [1.807, 2.05) is 108 Å². The fourth-order valence-corrected chi connectivity index (χ4v) is 7.75. The van der Waals surface area contributed by atoms with Gasteiger partial charge in [-0.05, 0) is 77.9 Å². The smallest absolute Gasteiger partial charge is 0.320 e. The summed E-state index contributed by atoms with van der Waals surface area (Å²) in [7, 11) is 1.92. The maximum Gasteiger partial charge on any atom is 0.320 e. The van der Waals surface area contributed by atoms with Gasteiger partial charge in [-0.25, -0.2) is 4.79 Å². The lowest BCUT2D eigenvalue weighted by atomic mass is 10.0. The summed E-state index contributed by atoms with van der Waals surface area (Å²) >= 11 is 0. The molecule has 3 atom stereocenters. The number of likely N-dealkylation sites (N-methyl/N-ethyl adjacent to an activating group) is 1. The molecular weight excluding hydrogens is 733 g/mol. The first-order chi connectivity index (χ1) is 27.4. The van der Waals surface area contributed by atoms with E-state index in [1.54, 1.807) is 0 Å². The Labute approximate surface area is 352 Å². The van der Waals surface area contributed by atoms with Crippen LogP contribution in [-0.2, 0) is 6.54 Å². The third-order valence-corrected chi connectivity index (χ3v) is 11.0. The number of nitrogens with zero attached hydrogens (tertiary/aromatic N) is 3. The number of hydrogen-bond acceptors (Lipinski definition) is 5. The number of rotatable bonds is 9. The fourth-order valence-electron chi connectivity index (χ4n) is 7.75. The van der Waals surface area contributed by atoms with Crippen LogP contribution < -0.4 is 16.0 Å². The van der Waals surface area contributed by atoms with Gasteiger partial charge in [0.25, 0.3) is 11.8 Å². The van der Waals surface area contributed by atoms with Crippen LogP contribution in [0.4, 0.5) is 4.79 Å². The van der Waals surface area contributed by atoms with Crippen molar-refractivity contribution in [3.63, 3.8) is 0 Å². The van der Waals surface area contributed by atoms with Gasteiger partial charge in [-0.3, -0.25) is 14.5 Å². The van der Waals surface area contributed by atoms with Gasteiger partial charge in [0.1, 0.15) is 0 Å². The second kappa shape index (κ2) is 22.4. The van der Waals surface area contributed by atoms with Crippen molar-refractivity contribution in [3.8, 4) is 22.3 Å². The van der Waals surface area contributed by atoms with E-state index >= 15 is 0 Å². The first-order valence-electron chi connectivity index (χ1n) is 19.8. The van der Waals surface area contributed by atoms with Gasteiger partial charge >= 0.3 is 6.03 Å². The van der Waals surface area contributed by atoms with Gasteiger partial charge in [0.05, 0.1) is 0 Å². The Hall–Kier alpha value is -5.77. The van der Waals surface area contributed by atoms with E-state index in [4.69, 9.17) is 0 Å². The van der Waals surface area contributed by atoms with Gasteiger partial charge in [-0.2, -0.15) is 0 Å². The van der Waals surface area contributed by atoms with Crippen LogP contribution in [0.1, 0.15) is 67.8 Å². The Bertz CT molecular complexity index is 2020. The molecule has 0 radical (unpaired) electrons. The number of urea groups is 1. The van der Waals surface area contributed by atoms with E-state index in [0.29, 0.717) is 18.7 Å². The van der Waals surface area contributed by atoms with Crippen molar-refractivity contribution in [2.45, 2.75) is 66.2 Å².